The summed E-state index contributed by atoms with van der Waals surface area (Å²) in [7, 11) is 0. The van der Waals surface area contributed by atoms with Crippen molar-refractivity contribution in [3.05, 3.63) is 18.1 Å². The highest BCUT2D eigenvalue weighted by atomic mass is 19.4. The van der Waals surface area contributed by atoms with Crippen molar-refractivity contribution in [3.63, 3.8) is 0 Å². The molecular formula is C9H6F3N5. The Morgan fingerprint density at radius 1 is 1.47 bits per heavy atom. The van der Waals surface area contributed by atoms with E-state index in [1.807, 2.05) is 0 Å². The largest absolute Gasteiger partial charge is 0.433 e. The van der Waals surface area contributed by atoms with Crippen LogP contribution in [-0.2, 0) is 6.18 Å². The van der Waals surface area contributed by atoms with Crippen LogP contribution in [0.25, 0.3) is 5.78 Å². The van der Waals surface area contributed by atoms with Gasteiger partial charge in [-0.2, -0.15) is 27.8 Å². The minimum atomic E-state index is -4.54. The van der Waals surface area contributed by atoms with E-state index in [4.69, 9.17) is 6.42 Å². The van der Waals surface area contributed by atoms with Gasteiger partial charge in [-0.1, -0.05) is 5.92 Å². The van der Waals surface area contributed by atoms with Gasteiger partial charge in [-0.15, -0.1) is 6.42 Å². The van der Waals surface area contributed by atoms with Gasteiger partial charge in [-0.3, -0.25) is 0 Å². The van der Waals surface area contributed by atoms with Gasteiger partial charge in [0.2, 0.25) is 0 Å². The van der Waals surface area contributed by atoms with Gasteiger partial charge in [0.25, 0.3) is 5.78 Å². The predicted octanol–water partition coefficient (Wildman–Crippen LogP) is 1.19. The Kier molecular flexibility index (Phi) is 2.59. The number of halogens is 3. The third-order valence-electron chi connectivity index (χ3n) is 1.91. The fourth-order valence-electron chi connectivity index (χ4n) is 1.22. The summed E-state index contributed by atoms with van der Waals surface area (Å²) in [6.45, 7) is 0.0796. The number of alkyl halides is 3. The number of anilines is 1. The molecule has 0 bridgehead atoms. The van der Waals surface area contributed by atoms with Gasteiger partial charge in [0.15, 0.2) is 5.69 Å². The summed E-state index contributed by atoms with van der Waals surface area (Å²) in [5, 5.41) is 6.36. The molecule has 0 aromatic carbocycles. The Balaban J connectivity index is 2.55. The van der Waals surface area contributed by atoms with Crippen LogP contribution in [0.3, 0.4) is 0 Å². The maximum Gasteiger partial charge on any atom is 0.433 e. The number of terminal acetylenes is 1. The van der Waals surface area contributed by atoms with Gasteiger partial charge < -0.3 is 5.32 Å². The smallest absolute Gasteiger partial charge is 0.359 e. The molecule has 0 saturated carbocycles. The van der Waals surface area contributed by atoms with Crippen molar-refractivity contribution in [3.8, 4) is 12.3 Å². The van der Waals surface area contributed by atoms with Gasteiger partial charge in [0.1, 0.15) is 12.1 Å². The number of nitrogens with one attached hydrogen (secondary N) is 1. The molecule has 2 heterocycles. The summed E-state index contributed by atoms with van der Waals surface area (Å²) < 4.78 is 38.8. The van der Waals surface area contributed by atoms with Crippen LogP contribution < -0.4 is 5.32 Å². The quantitative estimate of drug-likeness (QED) is 0.802. The van der Waals surface area contributed by atoms with E-state index in [9.17, 15) is 13.2 Å². The van der Waals surface area contributed by atoms with Crippen LogP contribution in [0.4, 0.5) is 19.0 Å². The summed E-state index contributed by atoms with van der Waals surface area (Å²) in [4.78, 5) is 6.96. The standard InChI is InChI=1S/C9H6F3N5/c1-2-3-13-7-4-6(9(10,11)12)16-8-14-5-15-17(7)8/h1,4-5,13H,3H2. The SMILES string of the molecule is C#CCNc1cc(C(F)(F)F)nc2ncnn12. The molecule has 88 valence electrons. The molecule has 0 aliphatic heterocycles. The molecule has 0 spiro atoms. The first-order valence-electron chi connectivity index (χ1n) is 4.47. The van der Waals surface area contributed by atoms with E-state index in [-0.39, 0.29) is 18.1 Å². The molecule has 5 nitrogen and oxygen atoms in total. The number of nitrogens with zero attached hydrogens (tertiary/aromatic N) is 4. The van der Waals surface area contributed by atoms with E-state index in [0.717, 1.165) is 16.9 Å². The Morgan fingerprint density at radius 2 is 2.24 bits per heavy atom. The first-order chi connectivity index (χ1) is 8.02. The highest BCUT2D eigenvalue weighted by Gasteiger charge is 2.33. The zero-order chi connectivity index (χ0) is 12.5. The Morgan fingerprint density at radius 3 is 2.88 bits per heavy atom. The lowest BCUT2D eigenvalue weighted by Gasteiger charge is -2.09. The highest BCUT2D eigenvalue weighted by molar-refractivity contribution is 5.46. The van der Waals surface area contributed by atoms with Crippen molar-refractivity contribution in [2.45, 2.75) is 6.18 Å². The summed E-state index contributed by atoms with van der Waals surface area (Å²) in [5.41, 5.74) is -1.04. The molecule has 0 fully saturated rings. The molecule has 2 aromatic heterocycles. The fraction of sp³-hybridized carbons (Fsp3) is 0.222. The van der Waals surface area contributed by atoms with E-state index < -0.39 is 11.9 Å². The van der Waals surface area contributed by atoms with Crippen LogP contribution in [0.2, 0.25) is 0 Å². The molecule has 0 aliphatic rings. The fourth-order valence-corrected chi connectivity index (χ4v) is 1.22. The molecule has 2 rings (SSSR count). The molecule has 0 atom stereocenters. The summed E-state index contributed by atoms with van der Waals surface area (Å²) >= 11 is 0. The Hall–Kier alpha value is -2.30. The normalized spacial score (nSPS) is 11.4. The monoisotopic (exact) mass is 241 g/mol. The van der Waals surface area contributed by atoms with E-state index in [0.29, 0.717) is 0 Å². The maximum absolute atomic E-state index is 12.5. The van der Waals surface area contributed by atoms with Crippen molar-refractivity contribution in [1.82, 2.24) is 19.6 Å². The second-order valence-electron chi connectivity index (χ2n) is 3.05. The van der Waals surface area contributed by atoms with Crippen molar-refractivity contribution in [2.75, 3.05) is 11.9 Å². The van der Waals surface area contributed by atoms with Crippen LogP contribution in [0.5, 0.6) is 0 Å². The van der Waals surface area contributed by atoms with Crippen molar-refractivity contribution >= 4 is 11.6 Å². The van der Waals surface area contributed by atoms with Crippen molar-refractivity contribution in [2.24, 2.45) is 0 Å². The van der Waals surface area contributed by atoms with E-state index in [1.54, 1.807) is 0 Å². The lowest BCUT2D eigenvalue weighted by molar-refractivity contribution is -0.141. The first kappa shape index (κ1) is 11.2. The second kappa shape index (κ2) is 3.93. The molecule has 8 heteroatoms. The predicted molar refractivity (Wildman–Crippen MR) is 53.1 cm³/mol. The third kappa shape index (κ3) is 2.13. The van der Waals surface area contributed by atoms with E-state index >= 15 is 0 Å². The molecule has 0 saturated heterocycles. The molecule has 0 radical (unpaired) electrons. The third-order valence-corrected chi connectivity index (χ3v) is 1.91. The van der Waals surface area contributed by atoms with Gasteiger partial charge in [0.05, 0.1) is 6.54 Å². The molecule has 17 heavy (non-hydrogen) atoms. The minimum absolute atomic E-state index is 0.0796. The van der Waals surface area contributed by atoms with Crippen molar-refractivity contribution < 1.29 is 13.2 Å². The topological polar surface area (TPSA) is 55.1 Å². The Bertz CT molecular complexity index is 580. The van der Waals surface area contributed by atoms with Crippen LogP contribution in [0.1, 0.15) is 5.69 Å². The molecule has 2 aromatic rings. The van der Waals surface area contributed by atoms with E-state index in [2.05, 4.69) is 26.3 Å². The van der Waals surface area contributed by atoms with Gasteiger partial charge >= 0.3 is 6.18 Å². The van der Waals surface area contributed by atoms with Crippen LogP contribution >= 0.6 is 0 Å². The van der Waals surface area contributed by atoms with Crippen LogP contribution in [0, 0.1) is 12.3 Å². The first-order valence-corrected chi connectivity index (χ1v) is 4.47. The number of aromatic nitrogens is 4. The van der Waals surface area contributed by atoms with Crippen LogP contribution in [-0.4, -0.2) is 26.1 Å². The number of hydrogen-bond acceptors (Lipinski definition) is 4. The lowest BCUT2D eigenvalue weighted by Crippen LogP contribution is -2.13. The number of fused-ring (bicyclic) bond motifs is 1. The summed E-state index contributed by atoms with van der Waals surface area (Å²) in [6, 6.07) is 0.832. The van der Waals surface area contributed by atoms with Crippen molar-refractivity contribution in [1.29, 1.82) is 0 Å². The maximum atomic E-state index is 12.5. The summed E-state index contributed by atoms with van der Waals surface area (Å²) in [6.07, 6.45) is 1.60. The second-order valence-corrected chi connectivity index (χ2v) is 3.05. The van der Waals surface area contributed by atoms with Gasteiger partial charge in [-0.25, -0.2) is 4.98 Å². The molecule has 0 aliphatic carbocycles. The number of hydrogen-bond donors (Lipinski definition) is 1. The van der Waals surface area contributed by atoms with Gasteiger partial charge in [0, 0.05) is 6.07 Å². The molecule has 1 N–H and O–H groups in total. The minimum Gasteiger partial charge on any atom is -0.359 e. The molecule has 0 unspecified atom stereocenters. The lowest BCUT2D eigenvalue weighted by atomic mass is 10.4. The number of rotatable bonds is 2. The summed E-state index contributed by atoms with van der Waals surface area (Å²) in [5.74, 6) is 2.21. The average molecular weight is 241 g/mol. The zero-order valence-electron chi connectivity index (χ0n) is 8.36. The highest BCUT2D eigenvalue weighted by Crippen LogP contribution is 2.29. The van der Waals surface area contributed by atoms with E-state index in [1.165, 1.54) is 0 Å². The average Bonchev–Trinajstić information content (AvgIpc) is 2.72. The van der Waals surface area contributed by atoms with Crippen LogP contribution in [0.15, 0.2) is 12.4 Å². The Labute approximate surface area is 93.7 Å². The molecule has 0 amide bonds. The van der Waals surface area contributed by atoms with Gasteiger partial charge in [-0.05, 0) is 0 Å². The molecular weight excluding hydrogens is 235 g/mol. The zero-order valence-corrected chi connectivity index (χ0v) is 8.36.